The standard InChI is InChI=1S/C23H26F3N3O6S/c1-3-28(15-21(30)27-19-7-5-4-6-18(19)23(24,25)26)22(31)17-14-16(8-9-20(17)34-2)36(32,33)29-10-12-35-13-11-29/h4-9,14H,3,10-13,15H2,1-2H3,(H,27,30). The molecule has 13 heteroatoms. The van der Waals surface area contributed by atoms with Gasteiger partial charge in [0.05, 0.1) is 42.0 Å². The van der Waals surface area contributed by atoms with E-state index in [-0.39, 0.29) is 49.1 Å². The molecule has 1 aliphatic heterocycles. The number of amides is 2. The lowest BCUT2D eigenvalue weighted by Gasteiger charge is -2.26. The highest BCUT2D eigenvalue weighted by molar-refractivity contribution is 7.89. The number of morpholine rings is 1. The van der Waals surface area contributed by atoms with Gasteiger partial charge < -0.3 is 19.7 Å². The van der Waals surface area contributed by atoms with Crippen molar-refractivity contribution in [3.05, 3.63) is 53.6 Å². The number of halogens is 3. The van der Waals surface area contributed by atoms with Gasteiger partial charge in [-0.1, -0.05) is 12.1 Å². The van der Waals surface area contributed by atoms with Gasteiger partial charge in [0.1, 0.15) is 12.3 Å². The minimum atomic E-state index is -4.68. The zero-order valence-electron chi connectivity index (χ0n) is 19.7. The molecular formula is C23H26F3N3O6S. The maximum absolute atomic E-state index is 13.3. The molecule has 1 aliphatic rings. The van der Waals surface area contributed by atoms with E-state index >= 15 is 0 Å². The number of carbonyl (C=O) groups is 2. The predicted octanol–water partition coefficient (Wildman–Crippen LogP) is 2.84. The SMILES string of the molecule is CCN(CC(=O)Nc1ccccc1C(F)(F)F)C(=O)c1cc(S(=O)(=O)N2CCOCC2)ccc1OC. The van der Waals surface area contributed by atoms with Crippen LogP contribution >= 0.6 is 0 Å². The molecule has 0 aliphatic carbocycles. The molecule has 1 fully saturated rings. The number of para-hydroxylation sites is 1. The molecule has 3 rings (SSSR count). The van der Waals surface area contributed by atoms with Gasteiger partial charge in [-0.25, -0.2) is 8.42 Å². The lowest BCUT2D eigenvalue weighted by atomic mass is 10.1. The molecule has 2 aromatic carbocycles. The molecule has 1 saturated heterocycles. The Morgan fingerprint density at radius 2 is 1.81 bits per heavy atom. The van der Waals surface area contributed by atoms with Crippen molar-refractivity contribution >= 4 is 27.5 Å². The van der Waals surface area contributed by atoms with Crippen molar-refractivity contribution in [2.24, 2.45) is 0 Å². The fourth-order valence-corrected chi connectivity index (χ4v) is 5.09. The van der Waals surface area contributed by atoms with Crippen LogP contribution in [0.25, 0.3) is 0 Å². The Morgan fingerprint density at radius 3 is 2.42 bits per heavy atom. The van der Waals surface area contributed by atoms with Crippen LogP contribution < -0.4 is 10.1 Å². The number of nitrogens with zero attached hydrogens (tertiary/aromatic N) is 2. The molecule has 36 heavy (non-hydrogen) atoms. The largest absolute Gasteiger partial charge is 0.496 e. The summed E-state index contributed by atoms with van der Waals surface area (Å²) in [6, 6.07) is 8.33. The molecule has 2 aromatic rings. The van der Waals surface area contributed by atoms with E-state index in [0.717, 1.165) is 17.0 Å². The third-order valence-corrected chi connectivity index (χ3v) is 7.41. The molecule has 0 unspecified atom stereocenters. The summed E-state index contributed by atoms with van der Waals surface area (Å²) in [5, 5.41) is 2.20. The average molecular weight is 530 g/mol. The highest BCUT2D eigenvalue weighted by atomic mass is 32.2. The van der Waals surface area contributed by atoms with Crippen LogP contribution in [0, 0.1) is 0 Å². The van der Waals surface area contributed by atoms with Gasteiger partial charge in [0.2, 0.25) is 15.9 Å². The summed E-state index contributed by atoms with van der Waals surface area (Å²) in [5.41, 5.74) is -1.55. The van der Waals surface area contributed by atoms with Crippen LogP contribution in [-0.4, -0.2) is 75.9 Å². The molecule has 0 spiro atoms. The van der Waals surface area contributed by atoms with Crippen molar-refractivity contribution < 1.29 is 40.7 Å². The van der Waals surface area contributed by atoms with Crippen molar-refractivity contribution in [3.63, 3.8) is 0 Å². The number of carbonyl (C=O) groups excluding carboxylic acids is 2. The van der Waals surface area contributed by atoms with Gasteiger partial charge in [-0.15, -0.1) is 0 Å². The van der Waals surface area contributed by atoms with Gasteiger partial charge in [-0.3, -0.25) is 9.59 Å². The molecule has 0 aromatic heterocycles. The first-order valence-corrected chi connectivity index (χ1v) is 12.4. The van der Waals surface area contributed by atoms with Crippen LogP contribution in [0.3, 0.4) is 0 Å². The summed E-state index contributed by atoms with van der Waals surface area (Å²) in [6.07, 6.45) is -4.68. The highest BCUT2D eigenvalue weighted by Gasteiger charge is 2.34. The number of sulfonamides is 1. The Labute approximate surface area is 206 Å². The Balaban J connectivity index is 1.84. The van der Waals surface area contributed by atoms with E-state index in [2.05, 4.69) is 5.32 Å². The number of alkyl halides is 3. The van der Waals surface area contributed by atoms with Crippen LogP contribution in [0.15, 0.2) is 47.4 Å². The Bertz CT molecular complexity index is 1210. The van der Waals surface area contributed by atoms with Crippen molar-refractivity contribution in [2.45, 2.75) is 18.0 Å². The smallest absolute Gasteiger partial charge is 0.418 e. The van der Waals surface area contributed by atoms with Gasteiger partial charge in [-0.2, -0.15) is 17.5 Å². The second-order valence-corrected chi connectivity index (χ2v) is 9.73. The number of hydrogen-bond donors (Lipinski definition) is 1. The number of rotatable bonds is 8. The van der Waals surface area contributed by atoms with Crippen molar-refractivity contribution in [1.29, 1.82) is 0 Å². The predicted molar refractivity (Wildman–Crippen MR) is 124 cm³/mol. The van der Waals surface area contributed by atoms with Crippen LogP contribution in [0.4, 0.5) is 18.9 Å². The fourth-order valence-electron chi connectivity index (χ4n) is 3.65. The summed E-state index contributed by atoms with van der Waals surface area (Å²) in [7, 11) is -2.61. The number of ether oxygens (including phenoxy) is 2. The lowest BCUT2D eigenvalue weighted by molar-refractivity contribution is -0.137. The number of benzene rings is 2. The number of anilines is 1. The first kappa shape index (κ1) is 27.4. The second kappa shape index (κ2) is 11.3. The minimum absolute atomic E-state index is 0.0246. The summed E-state index contributed by atoms with van der Waals surface area (Å²) in [4.78, 5) is 26.8. The Kier molecular flexibility index (Phi) is 8.59. The van der Waals surface area contributed by atoms with Crippen molar-refractivity contribution in [1.82, 2.24) is 9.21 Å². The average Bonchev–Trinajstić information content (AvgIpc) is 2.86. The molecule has 0 saturated carbocycles. The maximum atomic E-state index is 13.3. The second-order valence-electron chi connectivity index (χ2n) is 7.79. The Morgan fingerprint density at radius 1 is 1.14 bits per heavy atom. The third-order valence-electron chi connectivity index (χ3n) is 5.52. The fraction of sp³-hybridized carbons (Fsp3) is 0.391. The lowest BCUT2D eigenvalue weighted by Crippen LogP contribution is -2.41. The van der Waals surface area contributed by atoms with Gasteiger partial charge >= 0.3 is 6.18 Å². The Hall–Kier alpha value is -3.16. The van der Waals surface area contributed by atoms with E-state index in [0.29, 0.717) is 0 Å². The normalized spacial score (nSPS) is 14.8. The quantitative estimate of drug-likeness (QED) is 0.564. The molecule has 1 heterocycles. The summed E-state index contributed by atoms with van der Waals surface area (Å²) in [5.74, 6) is -1.48. The molecule has 0 radical (unpaired) electrons. The van der Waals surface area contributed by atoms with Crippen LogP contribution in [0.2, 0.25) is 0 Å². The molecule has 9 nitrogen and oxygen atoms in total. The molecule has 196 valence electrons. The van der Waals surface area contributed by atoms with Gasteiger partial charge in [-0.05, 0) is 37.3 Å². The van der Waals surface area contributed by atoms with E-state index in [4.69, 9.17) is 9.47 Å². The first-order valence-electron chi connectivity index (χ1n) is 11.0. The monoisotopic (exact) mass is 529 g/mol. The van der Waals surface area contributed by atoms with Gasteiger partial charge in [0.25, 0.3) is 5.91 Å². The van der Waals surface area contributed by atoms with E-state index in [1.54, 1.807) is 6.92 Å². The molecule has 0 bridgehead atoms. The number of hydrogen-bond acceptors (Lipinski definition) is 6. The van der Waals surface area contributed by atoms with Crippen LogP contribution in [-0.2, 0) is 25.7 Å². The topological polar surface area (TPSA) is 105 Å². The highest BCUT2D eigenvalue weighted by Crippen LogP contribution is 2.34. The number of likely N-dealkylation sites (N-methyl/N-ethyl adjacent to an activating group) is 1. The molecule has 0 atom stereocenters. The molecular weight excluding hydrogens is 503 g/mol. The van der Waals surface area contributed by atoms with Crippen molar-refractivity contribution in [2.75, 3.05) is 51.8 Å². The molecule has 2 amide bonds. The third kappa shape index (κ3) is 6.15. The minimum Gasteiger partial charge on any atom is -0.496 e. The summed E-state index contributed by atoms with van der Waals surface area (Å²) >= 11 is 0. The van der Waals surface area contributed by atoms with Crippen LogP contribution in [0.5, 0.6) is 5.75 Å². The van der Waals surface area contributed by atoms with E-state index in [9.17, 15) is 31.2 Å². The van der Waals surface area contributed by atoms with E-state index < -0.39 is 45.8 Å². The first-order chi connectivity index (χ1) is 17.0. The zero-order chi connectivity index (χ0) is 26.5. The maximum Gasteiger partial charge on any atom is 0.418 e. The van der Waals surface area contributed by atoms with E-state index in [1.807, 2.05) is 0 Å². The molecule has 1 N–H and O–H groups in total. The summed E-state index contributed by atoms with van der Waals surface area (Å²) in [6.45, 7) is 1.86. The van der Waals surface area contributed by atoms with Crippen molar-refractivity contribution in [3.8, 4) is 5.75 Å². The van der Waals surface area contributed by atoms with E-state index in [1.165, 1.54) is 41.7 Å². The summed E-state index contributed by atoms with van der Waals surface area (Å²) < 4.78 is 77.5. The van der Waals surface area contributed by atoms with Gasteiger partial charge in [0, 0.05) is 19.6 Å². The van der Waals surface area contributed by atoms with Crippen LogP contribution in [0.1, 0.15) is 22.8 Å². The van der Waals surface area contributed by atoms with Gasteiger partial charge in [0.15, 0.2) is 0 Å². The number of methoxy groups -OCH3 is 1. The zero-order valence-corrected chi connectivity index (χ0v) is 20.5. The number of nitrogens with one attached hydrogen (secondary N) is 1.